The molecule has 1 aromatic carbocycles. The van der Waals surface area contributed by atoms with Crippen molar-refractivity contribution in [2.24, 2.45) is 0 Å². The lowest BCUT2D eigenvalue weighted by molar-refractivity contribution is -0.0387. The molecule has 1 fully saturated rings. The monoisotopic (exact) mass is 332 g/mol. The zero-order valence-electron chi connectivity index (χ0n) is 10.0. The molecule has 0 atom stereocenters. The van der Waals surface area contributed by atoms with Crippen LogP contribution in [0.4, 0.5) is 13.2 Å². The second kappa shape index (κ2) is 4.51. The molecule has 2 aromatic rings. The normalized spacial score (nSPS) is 20.0. The average Bonchev–Trinajstić information content (AvgIpc) is 2.72. The standard InChI is InChI=1S/C13H12BrF3N2/c14-8-5-10-11(6-9(8)15)19-12(18-10)7-1-3-13(16,17)4-2-7/h5-7H,1-4H2,(H,18,19). The Morgan fingerprint density at radius 1 is 1.26 bits per heavy atom. The highest BCUT2D eigenvalue weighted by molar-refractivity contribution is 9.10. The number of H-pyrrole nitrogens is 1. The van der Waals surface area contributed by atoms with E-state index < -0.39 is 5.92 Å². The number of benzene rings is 1. The van der Waals surface area contributed by atoms with Gasteiger partial charge in [0.2, 0.25) is 5.92 Å². The summed E-state index contributed by atoms with van der Waals surface area (Å²) < 4.78 is 40.0. The minimum Gasteiger partial charge on any atom is -0.342 e. The van der Waals surface area contributed by atoms with Gasteiger partial charge in [-0.25, -0.2) is 18.2 Å². The maximum absolute atomic E-state index is 13.4. The first-order valence-corrected chi connectivity index (χ1v) is 6.96. The van der Waals surface area contributed by atoms with Crippen LogP contribution in [0, 0.1) is 5.82 Å². The van der Waals surface area contributed by atoms with Crippen LogP contribution in [0.3, 0.4) is 0 Å². The number of nitrogens with zero attached hydrogens (tertiary/aromatic N) is 1. The zero-order chi connectivity index (χ0) is 13.6. The topological polar surface area (TPSA) is 28.7 Å². The molecule has 1 aromatic heterocycles. The van der Waals surface area contributed by atoms with E-state index in [4.69, 9.17) is 0 Å². The molecule has 2 nitrogen and oxygen atoms in total. The molecule has 0 saturated heterocycles. The number of aromatic amines is 1. The molecule has 19 heavy (non-hydrogen) atoms. The highest BCUT2D eigenvalue weighted by atomic mass is 79.9. The molecule has 0 bridgehead atoms. The highest BCUT2D eigenvalue weighted by Gasteiger charge is 2.36. The lowest BCUT2D eigenvalue weighted by Crippen LogP contribution is -2.24. The molecule has 102 valence electrons. The number of aromatic nitrogens is 2. The maximum Gasteiger partial charge on any atom is 0.248 e. The summed E-state index contributed by atoms with van der Waals surface area (Å²) in [7, 11) is 0. The molecule has 1 heterocycles. The van der Waals surface area contributed by atoms with Crippen LogP contribution in [0.1, 0.15) is 37.4 Å². The summed E-state index contributed by atoms with van der Waals surface area (Å²) >= 11 is 3.11. The summed E-state index contributed by atoms with van der Waals surface area (Å²) in [6.45, 7) is 0. The van der Waals surface area contributed by atoms with Crippen molar-refractivity contribution in [1.82, 2.24) is 9.97 Å². The maximum atomic E-state index is 13.4. The summed E-state index contributed by atoms with van der Waals surface area (Å²) in [5.41, 5.74) is 1.26. The number of alkyl halides is 2. The summed E-state index contributed by atoms with van der Waals surface area (Å²) in [5.74, 6) is -2.22. The predicted molar refractivity (Wildman–Crippen MR) is 69.9 cm³/mol. The van der Waals surface area contributed by atoms with E-state index in [2.05, 4.69) is 25.9 Å². The molecule has 1 N–H and O–H groups in total. The number of hydrogen-bond acceptors (Lipinski definition) is 1. The number of imidazole rings is 1. The first-order chi connectivity index (χ1) is 8.94. The van der Waals surface area contributed by atoms with Crippen LogP contribution >= 0.6 is 15.9 Å². The largest absolute Gasteiger partial charge is 0.342 e. The van der Waals surface area contributed by atoms with E-state index in [1.807, 2.05) is 0 Å². The third-order valence-corrected chi connectivity index (χ3v) is 4.25. The Balaban J connectivity index is 1.90. The van der Waals surface area contributed by atoms with Gasteiger partial charge < -0.3 is 4.98 Å². The van der Waals surface area contributed by atoms with Crippen LogP contribution in [-0.4, -0.2) is 15.9 Å². The molecular weight excluding hydrogens is 321 g/mol. The Kier molecular flexibility index (Phi) is 3.08. The first kappa shape index (κ1) is 13.0. The van der Waals surface area contributed by atoms with Gasteiger partial charge in [-0.2, -0.15) is 0 Å². The van der Waals surface area contributed by atoms with Crippen molar-refractivity contribution in [3.8, 4) is 0 Å². The van der Waals surface area contributed by atoms with Crippen molar-refractivity contribution in [3.05, 3.63) is 28.2 Å². The van der Waals surface area contributed by atoms with Crippen LogP contribution in [0.25, 0.3) is 11.0 Å². The van der Waals surface area contributed by atoms with Gasteiger partial charge in [-0.05, 0) is 34.8 Å². The van der Waals surface area contributed by atoms with Gasteiger partial charge >= 0.3 is 0 Å². The number of rotatable bonds is 1. The molecule has 0 radical (unpaired) electrons. The van der Waals surface area contributed by atoms with Gasteiger partial charge in [-0.1, -0.05) is 0 Å². The molecule has 0 amide bonds. The quantitative estimate of drug-likeness (QED) is 0.801. The summed E-state index contributed by atoms with van der Waals surface area (Å²) in [5, 5.41) is 0. The van der Waals surface area contributed by atoms with Gasteiger partial charge in [0.1, 0.15) is 11.6 Å². The van der Waals surface area contributed by atoms with Crippen molar-refractivity contribution in [1.29, 1.82) is 0 Å². The minimum atomic E-state index is -2.54. The van der Waals surface area contributed by atoms with Crippen molar-refractivity contribution in [2.45, 2.75) is 37.5 Å². The van der Waals surface area contributed by atoms with Gasteiger partial charge in [0.15, 0.2) is 0 Å². The van der Waals surface area contributed by atoms with Gasteiger partial charge in [-0.15, -0.1) is 0 Å². The molecule has 0 aliphatic heterocycles. The molecule has 6 heteroatoms. The van der Waals surface area contributed by atoms with Gasteiger partial charge in [0.25, 0.3) is 0 Å². The van der Waals surface area contributed by atoms with Crippen LogP contribution < -0.4 is 0 Å². The Morgan fingerprint density at radius 3 is 2.63 bits per heavy atom. The first-order valence-electron chi connectivity index (χ1n) is 6.17. The van der Waals surface area contributed by atoms with Crippen LogP contribution in [-0.2, 0) is 0 Å². The van der Waals surface area contributed by atoms with Gasteiger partial charge in [0.05, 0.1) is 15.5 Å². The van der Waals surface area contributed by atoms with Gasteiger partial charge in [-0.3, -0.25) is 0 Å². The summed E-state index contributed by atoms with van der Waals surface area (Å²) in [6.07, 6.45) is 0.618. The molecule has 1 aliphatic carbocycles. The molecular formula is C13H12BrF3N2. The lowest BCUT2D eigenvalue weighted by Gasteiger charge is -2.26. The fourth-order valence-corrected chi connectivity index (χ4v) is 2.86. The summed E-state index contributed by atoms with van der Waals surface area (Å²) in [4.78, 5) is 7.43. The van der Waals surface area contributed by atoms with Crippen molar-refractivity contribution < 1.29 is 13.2 Å². The van der Waals surface area contributed by atoms with Crippen LogP contribution in [0.2, 0.25) is 0 Å². The Hall–Kier alpha value is -1.04. The lowest BCUT2D eigenvalue weighted by atomic mass is 9.86. The second-order valence-corrected chi connectivity index (χ2v) is 5.89. The molecule has 1 aliphatic rings. The third-order valence-electron chi connectivity index (χ3n) is 3.65. The third kappa shape index (κ3) is 2.50. The fourth-order valence-electron chi connectivity index (χ4n) is 2.53. The Bertz CT molecular complexity index is 575. The van der Waals surface area contributed by atoms with Crippen molar-refractivity contribution >= 4 is 27.0 Å². The van der Waals surface area contributed by atoms with E-state index in [-0.39, 0.29) is 24.6 Å². The van der Waals surface area contributed by atoms with E-state index in [0.717, 1.165) is 0 Å². The summed E-state index contributed by atoms with van der Waals surface area (Å²) in [6, 6.07) is 2.97. The van der Waals surface area contributed by atoms with E-state index >= 15 is 0 Å². The minimum absolute atomic E-state index is 0.00821. The van der Waals surface area contributed by atoms with E-state index in [1.54, 1.807) is 6.07 Å². The van der Waals surface area contributed by atoms with E-state index in [9.17, 15) is 13.2 Å². The number of nitrogens with one attached hydrogen (secondary N) is 1. The smallest absolute Gasteiger partial charge is 0.248 e. The molecule has 0 spiro atoms. The second-order valence-electron chi connectivity index (χ2n) is 5.04. The van der Waals surface area contributed by atoms with Crippen LogP contribution in [0.5, 0.6) is 0 Å². The van der Waals surface area contributed by atoms with Crippen molar-refractivity contribution in [3.63, 3.8) is 0 Å². The zero-order valence-corrected chi connectivity index (χ0v) is 11.6. The molecule has 3 rings (SSSR count). The highest BCUT2D eigenvalue weighted by Crippen LogP contribution is 2.40. The van der Waals surface area contributed by atoms with E-state index in [1.165, 1.54) is 6.07 Å². The van der Waals surface area contributed by atoms with E-state index in [0.29, 0.717) is 34.2 Å². The fraction of sp³-hybridized carbons (Fsp3) is 0.462. The number of hydrogen-bond donors (Lipinski definition) is 1. The Labute approximate surface area is 116 Å². The average molecular weight is 333 g/mol. The predicted octanol–water partition coefficient (Wildman–Crippen LogP) is 4.76. The van der Waals surface area contributed by atoms with Gasteiger partial charge in [0, 0.05) is 24.8 Å². The van der Waals surface area contributed by atoms with Crippen LogP contribution in [0.15, 0.2) is 16.6 Å². The Morgan fingerprint density at radius 2 is 1.95 bits per heavy atom. The SMILES string of the molecule is Fc1cc2[nH]c(C3CCC(F)(F)CC3)nc2cc1Br. The number of halogens is 4. The molecule has 1 saturated carbocycles. The number of fused-ring (bicyclic) bond motifs is 1. The molecule has 0 unspecified atom stereocenters. The van der Waals surface area contributed by atoms with Crippen molar-refractivity contribution in [2.75, 3.05) is 0 Å².